The third-order valence-electron chi connectivity index (χ3n) is 5.64. The molecule has 0 radical (unpaired) electrons. The van der Waals surface area contributed by atoms with Crippen molar-refractivity contribution in [3.05, 3.63) is 60.7 Å². The van der Waals surface area contributed by atoms with E-state index in [-0.39, 0.29) is 4.90 Å². The zero-order chi connectivity index (χ0) is 23.1. The van der Waals surface area contributed by atoms with Crippen LogP contribution >= 0.6 is 0 Å². The Labute approximate surface area is 195 Å². The zero-order valence-electron chi connectivity index (χ0n) is 18.9. The Hall–Kier alpha value is -3.13. The molecule has 8 heteroatoms. The predicted molar refractivity (Wildman–Crippen MR) is 131 cm³/mol. The quantitative estimate of drug-likeness (QED) is 0.441. The lowest BCUT2D eigenvalue weighted by atomic mass is 10.1. The van der Waals surface area contributed by atoms with Gasteiger partial charge in [0.25, 0.3) is 10.0 Å². The lowest BCUT2D eigenvalue weighted by Crippen LogP contribution is -2.30. The van der Waals surface area contributed by atoms with E-state index in [1.165, 1.54) is 19.3 Å². The van der Waals surface area contributed by atoms with E-state index in [0.717, 1.165) is 37.3 Å². The lowest BCUT2D eigenvalue weighted by Gasteiger charge is -2.27. The van der Waals surface area contributed by atoms with Crippen LogP contribution in [0.2, 0.25) is 0 Å². The molecule has 2 aromatic carbocycles. The molecular weight excluding hydrogens is 436 g/mol. The first-order chi connectivity index (χ1) is 16.0. The van der Waals surface area contributed by atoms with Crippen LogP contribution in [0.1, 0.15) is 39.0 Å². The van der Waals surface area contributed by atoms with Crippen molar-refractivity contribution in [3.63, 3.8) is 0 Å². The third kappa shape index (κ3) is 6.01. The molecule has 0 unspecified atom stereocenters. The van der Waals surface area contributed by atoms with Gasteiger partial charge in [0.2, 0.25) is 0 Å². The number of anilines is 2. The molecule has 0 amide bonds. The number of sulfonamides is 1. The van der Waals surface area contributed by atoms with Crippen molar-refractivity contribution in [2.75, 3.05) is 29.3 Å². The highest BCUT2D eigenvalue weighted by Crippen LogP contribution is 2.25. The van der Waals surface area contributed by atoms with Crippen LogP contribution in [0.25, 0.3) is 11.3 Å². The summed E-state index contributed by atoms with van der Waals surface area (Å²) >= 11 is 0. The molecule has 1 aliphatic rings. The van der Waals surface area contributed by atoms with E-state index in [2.05, 4.69) is 26.7 Å². The molecule has 3 aromatic rings. The molecule has 0 atom stereocenters. The van der Waals surface area contributed by atoms with Crippen LogP contribution in [-0.4, -0.2) is 38.3 Å². The summed E-state index contributed by atoms with van der Waals surface area (Å²) in [5, 5.41) is 8.77. The van der Waals surface area contributed by atoms with Crippen LogP contribution in [0.15, 0.2) is 65.6 Å². The van der Waals surface area contributed by atoms with Crippen molar-refractivity contribution in [2.24, 2.45) is 0 Å². The first-order valence-electron chi connectivity index (χ1n) is 11.5. The lowest BCUT2D eigenvalue weighted by molar-refractivity contribution is 0.309. The molecule has 1 saturated heterocycles. The van der Waals surface area contributed by atoms with Gasteiger partial charge < -0.3 is 9.64 Å². The van der Waals surface area contributed by atoms with Gasteiger partial charge >= 0.3 is 0 Å². The smallest absolute Gasteiger partial charge is 0.261 e. The average Bonchev–Trinajstić information content (AvgIpc) is 2.85. The van der Waals surface area contributed by atoms with Crippen molar-refractivity contribution >= 4 is 21.5 Å². The normalized spacial score (nSPS) is 14.2. The van der Waals surface area contributed by atoms with E-state index in [1.54, 1.807) is 42.5 Å². The third-order valence-corrected chi connectivity index (χ3v) is 7.04. The largest absolute Gasteiger partial charge is 0.494 e. The first-order valence-corrected chi connectivity index (χ1v) is 13.0. The van der Waals surface area contributed by atoms with E-state index in [1.807, 2.05) is 18.2 Å². The predicted octanol–water partition coefficient (Wildman–Crippen LogP) is 5.11. The number of benzene rings is 2. The van der Waals surface area contributed by atoms with Gasteiger partial charge in [-0.25, -0.2) is 8.42 Å². The monoisotopic (exact) mass is 466 g/mol. The maximum atomic E-state index is 12.9. The molecule has 0 aliphatic carbocycles. The van der Waals surface area contributed by atoms with Crippen LogP contribution in [0.5, 0.6) is 5.75 Å². The number of nitrogens with zero attached hydrogens (tertiary/aromatic N) is 3. The molecule has 0 bridgehead atoms. The topological polar surface area (TPSA) is 84.4 Å². The Morgan fingerprint density at radius 2 is 1.76 bits per heavy atom. The van der Waals surface area contributed by atoms with Gasteiger partial charge in [-0.3, -0.25) is 4.72 Å². The number of rotatable bonds is 9. The van der Waals surface area contributed by atoms with Crippen LogP contribution in [0.3, 0.4) is 0 Å². The van der Waals surface area contributed by atoms with Gasteiger partial charge in [0.05, 0.1) is 17.2 Å². The summed E-state index contributed by atoms with van der Waals surface area (Å²) in [6.07, 6.45) is 5.63. The molecule has 174 valence electrons. The molecule has 4 rings (SSSR count). The molecule has 2 heterocycles. The minimum Gasteiger partial charge on any atom is -0.494 e. The van der Waals surface area contributed by atoms with Crippen LogP contribution < -0.4 is 14.4 Å². The number of ether oxygens (including phenoxy) is 1. The second-order valence-electron chi connectivity index (χ2n) is 8.18. The molecule has 1 N–H and O–H groups in total. The minimum atomic E-state index is -3.72. The average molecular weight is 467 g/mol. The molecule has 1 fully saturated rings. The number of aromatic nitrogens is 2. The Morgan fingerprint density at radius 1 is 0.970 bits per heavy atom. The standard InChI is InChI=1S/C25H30N4O3S/c1-2-3-18-32-22-10-12-23(13-11-22)33(30,31)28-21-9-7-8-20(19-21)24-14-15-25(27-26-24)29-16-5-4-6-17-29/h7-15,19,28H,2-6,16-18H2,1H3. The van der Waals surface area contributed by atoms with Gasteiger partial charge in [-0.2, -0.15) is 0 Å². The summed E-state index contributed by atoms with van der Waals surface area (Å²) < 4.78 is 34.0. The second-order valence-corrected chi connectivity index (χ2v) is 9.87. The van der Waals surface area contributed by atoms with E-state index < -0.39 is 10.0 Å². The second kappa shape index (κ2) is 10.7. The number of hydrogen-bond donors (Lipinski definition) is 1. The van der Waals surface area contributed by atoms with Crippen molar-refractivity contribution in [3.8, 4) is 17.0 Å². The Bertz CT molecular complexity index is 1140. The molecule has 7 nitrogen and oxygen atoms in total. The van der Waals surface area contributed by atoms with Crippen LogP contribution in [0, 0.1) is 0 Å². The first kappa shape index (κ1) is 23.0. The molecule has 0 spiro atoms. The molecule has 1 aliphatic heterocycles. The van der Waals surface area contributed by atoms with Crippen LogP contribution in [0.4, 0.5) is 11.5 Å². The van der Waals surface area contributed by atoms with Crippen LogP contribution in [-0.2, 0) is 10.0 Å². The van der Waals surface area contributed by atoms with Gasteiger partial charge in [0.15, 0.2) is 5.82 Å². The van der Waals surface area contributed by atoms with Crippen molar-refractivity contribution < 1.29 is 13.2 Å². The Kier molecular flexibility index (Phi) is 7.44. The van der Waals surface area contributed by atoms with Gasteiger partial charge in [-0.1, -0.05) is 25.5 Å². The van der Waals surface area contributed by atoms with Crippen molar-refractivity contribution in [1.82, 2.24) is 10.2 Å². The fourth-order valence-electron chi connectivity index (χ4n) is 3.78. The Morgan fingerprint density at radius 3 is 2.45 bits per heavy atom. The summed E-state index contributed by atoms with van der Waals surface area (Å²) in [6, 6.07) is 17.6. The molecule has 1 aromatic heterocycles. The summed E-state index contributed by atoms with van der Waals surface area (Å²) in [4.78, 5) is 2.44. The van der Waals surface area contributed by atoms with Crippen molar-refractivity contribution in [1.29, 1.82) is 0 Å². The highest BCUT2D eigenvalue weighted by atomic mass is 32.2. The van der Waals surface area contributed by atoms with E-state index in [4.69, 9.17) is 4.74 Å². The van der Waals surface area contributed by atoms with Gasteiger partial charge in [0.1, 0.15) is 5.75 Å². The maximum Gasteiger partial charge on any atom is 0.261 e. The SMILES string of the molecule is CCCCOc1ccc(S(=O)(=O)Nc2cccc(-c3ccc(N4CCCCC4)nn3)c2)cc1. The summed E-state index contributed by atoms with van der Waals surface area (Å²) in [5.41, 5.74) is 1.97. The summed E-state index contributed by atoms with van der Waals surface area (Å²) in [6.45, 7) is 4.74. The highest BCUT2D eigenvalue weighted by molar-refractivity contribution is 7.92. The van der Waals surface area contributed by atoms with Gasteiger partial charge in [-0.15, -0.1) is 10.2 Å². The van der Waals surface area contributed by atoms with Gasteiger partial charge in [-0.05, 0) is 74.2 Å². The van der Waals surface area contributed by atoms with Crippen molar-refractivity contribution in [2.45, 2.75) is 43.9 Å². The maximum absolute atomic E-state index is 12.9. The minimum absolute atomic E-state index is 0.182. The van der Waals surface area contributed by atoms with Gasteiger partial charge in [0, 0.05) is 24.3 Å². The summed E-state index contributed by atoms with van der Waals surface area (Å²) in [5.74, 6) is 1.55. The fourth-order valence-corrected chi connectivity index (χ4v) is 4.83. The number of unbranched alkanes of at least 4 members (excludes halogenated alkanes) is 1. The van der Waals surface area contributed by atoms with E-state index in [9.17, 15) is 8.42 Å². The summed E-state index contributed by atoms with van der Waals surface area (Å²) in [7, 11) is -3.72. The zero-order valence-corrected chi connectivity index (χ0v) is 19.7. The number of hydrogen-bond acceptors (Lipinski definition) is 6. The number of nitrogens with one attached hydrogen (secondary N) is 1. The molecule has 33 heavy (non-hydrogen) atoms. The molecule has 0 saturated carbocycles. The number of piperidine rings is 1. The molecular formula is C25H30N4O3S. The highest BCUT2D eigenvalue weighted by Gasteiger charge is 2.16. The van der Waals surface area contributed by atoms with E-state index in [0.29, 0.717) is 23.7 Å². The fraction of sp³-hybridized carbons (Fsp3) is 0.360. The Balaban J connectivity index is 1.45. The van der Waals surface area contributed by atoms with E-state index >= 15 is 0 Å².